The molecule has 0 spiro atoms. The van der Waals surface area contributed by atoms with Gasteiger partial charge in [-0.1, -0.05) is 25.1 Å². The van der Waals surface area contributed by atoms with Crippen LogP contribution in [0.1, 0.15) is 53.0 Å². The molecule has 1 fully saturated rings. The Morgan fingerprint density at radius 3 is 2.52 bits per heavy atom. The van der Waals surface area contributed by atoms with Gasteiger partial charge < -0.3 is 19.7 Å². The maximum Gasteiger partial charge on any atom is 0.287 e. The van der Waals surface area contributed by atoms with Gasteiger partial charge in [-0.25, -0.2) is 4.98 Å². The zero-order valence-corrected chi connectivity index (χ0v) is 17.1. The molecule has 4 rings (SSSR count). The molecular formula is C22H29N5O2. The summed E-state index contributed by atoms with van der Waals surface area (Å²) < 4.78 is 1.96. The second-order valence-electron chi connectivity index (χ2n) is 7.71. The number of anilines is 1. The fraction of sp³-hybridized carbons (Fsp3) is 0.500. The van der Waals surface area contributed by atoms with E-state index in [1.165, 1.54) is 5.69 Å². The number of hydrogen-bond donors (Lipinski definition) is 1. The van der Waals surface area contributed by atoms with Gasteiger partial charge >= 0.3 is 0 Å². The molecule has 3 heterocycles. The van der Waals surface area contributed by atoms with Crippen molar-refractivity contribution in [2.24, 2.45) is 0 Å². The fourth-order valence-corrected chi connectivity index (χ4v) is 4.16. The predicted octanol–water partition coefficient (Wildman–Crippen LogP) is 2.32. The number of aromatic nitrogens is 2. The standard InChI is InChI=1S/C22H29N5O2/c1-2-11-23-21(28)20-24-19(18-10-6-7-12-27(18)20)22(29)26-15-13-25(14-16-26)17-8-4-3-5-9-17/h3-5,8-9H,2,6-7,10-16H2,1H3,(H,23,28). The van der Waals surface area contributed by atoms with Gasteiger partial charge in [0.15, 0.2) is 5.82 Å². The van der Waals surface area contributed by atoms with Crippen LogP contribution in [0, 0.1) is 0 Å². The molecule has 2 aliphatic rings. The van der Waals surface area contributed by atoms with Gasteiger partial charge in [0.05, 0.1) is 5.69 Å². The van der Waals surface area contributed by atoms with Crippen LogP contribution in [-0.4, -0.2) is 59.0 Å². The summed E-state index contributed by atoms with van der Waals surface area (Å²) in [5.74, 6) is 0.167. The first-order chi connectivity index (χ1) is 14.2. The van der Waals surface area contributed by atoms with Gasteiger partial charge in [0.25, 0.3) is 11.8 Å². The Kier molecular flexibility index (Phi) is 5.83. The van der Waals surface area contributed by atoms with E-state index in [0.717, 1.165) is 51.0 Å². The van der Waals surface area contributed by atoms with Gasteiger partial charge in [-0.2, -0.15) is 0 Å². The zero-order valence-electron chi connectivity index (χ0n) is 17.1. The molecule has 0 radical (unpaired) electrons. The molecule has 0 unspecified atom stereocenters. The minimum absolute atomic E-state index is 0.0436. The highest BCUT2D eigenvalue weighted by molar-refractivity contribution is 5.97. The van der Waals surface area contributed by atoms with Crippen molar-refractivity contribution in [3.63, 3.8) is 0 Å². The molecule has 7 heteroatoms. The second-order valence-corrected chi connectivity index (χ2v) is 7.71. The second kappa shape index (κ2) is 8.68. The summed E-state index contributed by atoms with van der Waals surface area (Å²) in [7, 11) is 0. The Morgan fingerprint density at radius 1 is 1.03 bits per heavy atom. The SMILES string of the molecule is CCCNC(=O)c1nc(C(=O)N2CCN(c3ccccc3)CC2)c2n1CCCC2. The van der Waals surface area contributed by atoms with Crippen molar-refractivity contribution in [2.75, 3.05) is 37.6 Å². The Balaban J connectivity index is 1.50. The zero-order chi connectivity index (χ0) is 20.2. The fourth-order valence-electron chi connectivity index (χ4n) is 4.16. The first kappa shape index (κ1) is 19.5. The van der Waals surface area contributed by atoms with E-state index < -0.39 is 0 Å². The minimum Gasteiger partial charge on any atom is -0.368 e. The van der Waals surface area contributed by atoms with Crippen LogP contribution in [-0.2, 0) is 13.0 Å². The molecule has 7 nitrogen and oxygen atoms in total. The molecule has 1 saturated heterocycles. The summed E-state index contributed by atoms with van der Waals surface area (Å²) in [5, 5.41) is 2.90. The van der Waals surface area contributed by atoms with Crippen LogP contribution in [0.25, 0.3) is 0 Å². The Morgan fingerprint density at radius 2 is 1.79 bits per heavy atom. The van der Waals surface area contributed by atoms with E-state index in [0.29, 0.717) is 31.2 Å². The first-order valence-corrected chi connectivity index (χ1v) is 10.7. The number of para-hydroxylation sites is 1. The number of nitrogens with one attached hydrogen (secondary N) is 1. The molecule has 2 amide bonds. The molecule has 29 heavy (non-hydrogen) atoms. The van der Waals surface area contributed by atoms with Crippen LogP contribution in [0.2, 0.25) is 0 Å². The average molecular weight is 396 g/mol. The lowest BCUT2D eigenvalue weighted by atomic mass is 10.1. The highest BCUT2D eigenvalue weighted by Gasteiger charge is 2.31. The summed E-state index contributed by atoms with van der Waals surface area (Å²) in [6.45, 7) is 6.32. The number of carbonyl (C=O) groups excluding carboxylic acids is 2. The molecule has 1 aromatic carbocycles. The summed E-state index contributed by atoms with van der Waals surface area (Å²) in [6.07, 6.45) is 3.72. The molecular weight excluding hydrogens is 366 g/mol. The van der Waals surface area contributed by atoms with E-state index in [9.17, 15) is 9.59 Å². The monoisotopic (exact) mass is 395 g/mol. The Bertz CT molecular complexity index is 869. The molecule has 0 bridgehead atoms. The van der Waals surface area contributed by atoms with Crippen LogP contribution < -0.4 is 10.2 Å². The van der Waals surface area contributed by atoms with Crippen LogP contribution in [0.4, 0.5) is 5.69 Å². The third kappa shape index (κ3) is 3.99. The van der Waals surface area contributed by atoms with Gasteiger partial charge in [0, 0.05) is 45.0 Å². The van der Waals surface area contributed by atoms with Crippen LogP contribution in [0.3, 0.4) is 0 Å². The molecule has 154 valence electrons. The number of piperazine rings is 1. The molecule has 2 aromatic rings. The maximum absolute atomic E-state index is 13.3. The van der Waals surface area contributed by atoms with Crippen molar-refractivity contribution < 1.29 is 9.59 Å². The van der Waals surface area contributed by atoms with E-state index in [2.05, 4.69) is 27.3 Å². The lowest BCUT2D eigenvalue weighted by Crippen LogP contribution is -2.49. The summed E-state index contributed by atoms with van der Waals surface area (Å²) in [4.78, 5) is 34.6. The normalized spacial score (nSPS) is 16.4. The van der Waals surface area contributed by atoms with Gasteiger partial charge in [-0.05, 0) is 37.8 Å². The van der Waals surface area contributed by atoms with E-state index in [4.69, 9.17) is 0 Å². The van der Waals surface area contributed by atoms with Crippen molar-refractivity contribution >= 4 is 17.5 Å². The Hall–Kier alpha value is -2.83. The number of benzene rings is 1. The molecule has 0 saturated carbocycles. The number of rotatable bonds is 5. The Labute approximate surface area is 171 Å². The number of nitrogens with zero attached hydrogens (tertiary/aromatic N) is 4. The van der Waals surface area contributed by atoms with Crippen molar-refractivity contribution in [3.8, 4) is 0 Å². The number of amides is 2. The predicted molar refractivity (Wildman–Crippen MR) is 112 cm³/mol. The molecule has 2 aliphatic heterocycles. The van der Waals surface area contributed by atoms with E-state index >= 15 is 0 Å². The van der Waals surface area contributed by atoms with Gasteiger partial charge in [0.2, 0.25) is 0 Å². The molecule has 0 aliphatic carbocycles. The van der Waals surface area contributed by atoms with Crippen LogP contribution in [0.15, 0.2) is 30.3 Å². The summed E-state index contributed by atoms with van der Waals surface area (Å²) in [6, 6.07) is 10.3. The van der Waals surface area contributed by atoms with Crippen molar-refractivity contribution in [2.45, 2.75) is 39.2 Å². The maximum atomic E-state index is 13.3. The third-order valence-electron chi connectivity index (χ3n) is 5.75. The largest absolute Gasteiger partial charge is 0.368 e. The average Bonchev–Trinajstić information content (AvgIpc) is 3.17. The van der Waals surface area contributed by atoms with Crippen LogP contribution >= 0.6 is 0 Å². The highest BCUT2D eigenvalue weighted by Crippen LogP contribution is 2.23. The molecule has 1 N–H and O–H groups in total. The first-order valence-electron chi connectivity index (χ1n) is 10.7. The number of imidazole rings is 1. The molecule has 0 atom stereocenters. The van der Waals surface area contributed by atoms with Gasteiger partial charge in [0.1, 0.15) is 5.69 Å². The number of fused-ring (bicyclic) bond motifs is 1. The summed E-state index contributed by atoms with van der Waals surface area (Å²) >= 11 is 0. The minimum atomic E-state index is -0.178. The van der Waals surface area contributed by atoms with Crippen molar-refractivity contribution in [1.82, 2.24) is 19.8 Å². The lowest BCUT2D eigenvalue weighted by Gasteiger charge is -2.36. The van der Waals surface area contributed by atoms with Crippen LogP contribution in [0.5, 0.6) is 0 Å². The lowest BCUT2D eigenvalue weighted by molar-refractivity contribution is 0.0739. The van der Waals surface area contributed by atoms with Gasteiger partial charge in [-0.3, -0.25) is 9.59 Å². The van der Waals surface area contributed by atoms with Crippen molar-refractivity contribution in [3.05, 3.63) is 47.5 Å². The van der Waals surface area contributed by atoms with E-state index in [1.54, 1.807) is 0 Å². The van der Waals surface area contributed by atoms with Crippen molar-refractivity contribution in [1.29, 1.82) is 0 Å². The third-order valence-corrected chi connectivity index (χ3v) is 5.75. The van der Waals surface area contributed by atoms with E-state index in [-0.39, 0.29) is 11.8 Å². The van der Waals surface area contributed by atoms with E-state index in [1.807, 2.05) is 34.6 Å². The smallest absolute Gasteiger partial charge is 0.287 e. The quantitative estimate of drug-likeness (QED) is 0.844. The number of carbonyl (C=O) groups is 2. The summed E-state index contributed by atoms with van der Waals surface area (Å²) in [5.41, 5.74) is 2.58. The highest BCUT2D eigenvalue weighted by atomic mass is 16.2. The topological polar surface area (TPSA) is 70.5 Å². The number of hydrogen-bond acceptors (Lipinski definition) is 4. The van der Waals surface area contributed by atoms with Gasteiger partial charge in [-0.15, -0.1) is 0 Å². The molecule has 1 aromatic heterocycles.